The Morgan fingerprint density at radius 2 is 0.836 bits per heavy atom. The first kappa shape index (κ1) is 31.2. The van der Waals surface area contributed by atoms with Crippen molar-refractivity contribution >= 4 is 71.7 Å². The quantitative estimate of drug-likeness (QED) is 0.173. The van der Waals surface area contributed by atoms with Gasteiger partial charge in [-0.05, 0) is 87.1 Å². The third kappa shape index (κ3) is 5.13. The van der Waals surface area contributed by atoms with Crippen molar-refractivity contribution in [2.24, 2.45) is 0 Å². The maximum Gasteiger partial charge on any atom is 0.137 e. The molecule has 0 N–H and O–H groups in total. The third-order valence-electron chi connectivity index (χ3n) is 10.9. The van der Waals surface area contributed by atoms with Gasteiger partial charge in [-0.1, -0.05) is 146 Å². The molecule has 0 spiro atoms. The summed E-state index contributed by atoms with van der Waals surface area (Å²) in [6.45, 7) is 0. The van der Waals surface area contributed by atoms with E-state index in [0.29, 0.717) is 0 Å². The fourth-order valence-electron chi connectivity index (χ4n) is 8.39. The predicted molar refractivity (Wildman–Crippen MR) is 229 cm³/mol. The summed E-state index contributed by atoms with van der Waals surface area (Å²) < 4.78 is 13.2. The molecule has 0 saturated carbocycles. The van der Waals surface area contributed by atoms with E-state index in [4.69, 9.17) is 8.83 Å². The van der Waals surface area contributed by atoms with Gasteiger partial charge >= 0.3 is 0 Å². The molecule has 0 aliphatic rings. The van der Waals surface area contributed by atoms with E-state index in [1.54, 1.807) is 0 Å². The third-order valence-corrected chi connectivity index (χ3v) is 10.9. The van der Waals surface area contributed by atoms with Gasteiger partial charge < -0.3 is 13.7 Å². The van der Waals surface area contributed by atoms with Gasteiger partial charge in [-0.3, -0.25) is 0 Å². The number of furan rings is 2. The number of benzene rings is 9. The normalized spacial score (nSPS) is 11.6. The van der Waals surface area contributed by atoms with E-state index in [1.165, 1.54) is 27.5 Å². The van der Waals surface area contributed by atoms with Crippen LogP contribution in [0, 0.1) is 0 Å². The van der Waals surface area contributed by atoms with Crippen LogP contribution >= 0.6 is 0 Å². The molecule has 0 bridgehead atoms. The molecule has 0 aliphatic heterocycles. The molecule has 55 heavy (non-hydrogen) atoms. The van der Waals surface area contributed by atoms with Crippen LogP contribution < -0.4 is 4.90 Å². The zero-order chi connectivity index (χ0) is 36.3. The molecule has 2 aromatic heterocycles. The Morgan fingerprint density at radius 3 is 1.64 bits per heavy atom. The fraction of sp³-hybridized carbons (Fsp3) is 0. The van der Waals surface area contributed by atoms with Crippen LogP contribution in [0.3, 0.4) is 0 Å². The summed E-state index contributed by atoms with van der Waals surface area (Å²) in [5, 5.41) is 6.76. The standard InChI is InChI=1S/C52H33NO2/c1-3-15-34(16-4-1)38-19-7-8-20-39(38)41-22-11-13-25-47(41)53(37-27-29-43-42-23-12-14-26-48(42)54-50(43)32-37)36-28-30-49-46(31-36)52-44-24-10-9-21-40(44)45(33-51(52)55-49)35-17-5-2-6-18-35/h1-33H. The van der Waals surface area contributed by atoms with Crippen molar-refractivity contribution in [2.45, 2.75) is 0 Å². The molecule has 2 heterocycles. The molecule has 0 atom stereocenters. The molecule has 9 aromatic carbocycles. The smallest absolute Gasteiger partial charge is 0.137 e. The minimum absolute atomic E-state index is 0.847. The van der Waals surface area contributed by atoms with Crippen LogP contribution in [0.1, 0.15) is 0 Å². The lowest BCUT2D eigenvalue weighted by atomic mass is 9.93. The van der Waals surface area contributed by atoms with Crippen molar-refractivity contribution in [3.8, 4) is 33.4 Å². The lowest BCUT2D eigenvalue weighted by Gasteiger charge is -2.28. The van der Waals surface area contributed by atoms with Gasteiger partial charge in [0, 0.05) is 44.5 Å². The van der Waals surface area contributed by atoms with Crippen LogP contribution in [0.5, 0.6) is 0 Å². The Bertz CT molecular complexity index is 3210. The Hall–Kier alpha value is -7.36. The minimum atomic E-state index is 0.847. The second-order valence-corrected chi connectivity index (χ2v) is 14.0. The van der Waals surface area contributed by atoms with Crippen molar-refractivity contribution in [3.63, 3.8) is 0 Å². The van der Waals surface area contributed by atoms with Gasteiger partial charge in [0.1, 0.15) is 22.3 Å². The zero-order valence-corrected chi connectivity index (χ0v) is 29.8. The number of hydrogen-bond donors (Lipinski definition) is 0. The van der Waals surface area contributed by atoms with Crippen molar-refractivity contribution in [2.75, 3.05) is 4.90 Å². The zero-order valence-electron chi connectivity index (χ0n) is 29.8. The highest BCUT2D eigenvalue weighted by Crippen LogP contribution is 2.47. The summed E-state index contributed by atoms with van der Waals surface area (Å²) in [4.78, 5) is 2.36. The Labute approximate surface area is 317 Å². The SMILES string of the molecule is c1ccc(-c2ccccc2-c2ccccc2N(c2ccc3c(c2)oc2ccccc23)c2ccc3oc4cc(-c5ccccc5)c5ccccc5c4c3c2)cc1. The monoisotopic (exact) mass is 703 g/mol. The Balaban J connectivity index is 1.17. The van der Waals surface area contributed by atoms with Crippen LogP contribution in [-0.4, -0.2) is 0 Å². The number of para-hydroxylation sites is 2. The molecule has 0 unspecified atom stereocenters. The van der Waals surface area contributed by atoms with Crippen LogP contribution in [0.4, 0.5) is 17.1 Å². The van der Waals surface area contributed by atoms with Gasteiger partial charge in [0.15, 0.2) is 0 Å². The van der Waals surface area contributed by atoms with Crippen LogP contribution in [-0.2, 0) is 0 Å². The highest BCUT2D eigenvalue weighted by atomic mass is 16.3. The molecule has 3 nitrogen and oxygen atoms in total. The van der Waals surface area contributed by atoms with Crippen molar-refractivity contribution < 1.29 is 8.83 Å². The maximum absolute atomic E-state index is 6.68. The first-order valence-electron chi connectivity index (χ1n) is 18.7. The Kier molecular flexibility index (Phi) is 7.17. The number of fused-ring (bicyclic) bond motifs is 8. The first-order valence-corrected chi connectivity index (χ1v) is 18.7. The summed E-state index contributed by atoms with van der Waals surface area (Å²) in [7, 11) is 0. The van der Waals surface area contributed by atoms with E-state index >= 15 is 0 Å². The second-order valence-electron chi connectivity index (χ2n) is 14.0. The van der Waals surface area contributed by atoms with Gasteiger partial charge in [0.2, 0.25) is 0 Å². The first-order chi connectivity index (χ1) is 27.3. The van der Waals surface area contributed by atoms with Crippen LogP contribution in [0.2, 0.25) is 0 Å². The van der Waals surface area contributed by atoms with Crippen LogP contribution in [0.15, 0.2) is 209 Å². The van der Waals surface area contributed by atoms with Gasteiger partial charge in [-0.15, -0.1) is 0 Å². The van der Waals surface area contributed by atoms with Gasteiger partial charge in [0.25, 0.3) is 0 Å². The van der Waals surface area contributed by atoms with Crippen LogP contribution in [0.25, 0.3) is 88.0 Å². The summed E-state index contributed by atoms with van der Waals surface area (Å²) in [5.74, 6) is 0. The molecule has 258 valence electrons. The molecular weight excluding hydrogens is 671 g/mol. The molecule has 0 amide bonds. The predicted octanol–water partition coefficient (Wildman–Crippen LogP) is 15.1. The van der Waals surface area contributed by atoms with Gasteiger partial charge in [-0.2, -0.15) is 0 Å². The van der Waals surface area contributed by atoms with E-state index in [0.717, 1.165) is 77.6 Å². The summed E-state index contributed by atoms with van der Waals surface area (Å²) in [6.07, 6.45) is 0. The average molecular weight is 704 g/mol. The lowest BCUT2D eigenvalue weighted by molar-refractivity contribution is 0.668. The molecule has 0 radical (unpaired) electrons. The molecule has 0 saturated heterocycles. The topological polar surface area (TPSA) is 29.5 Å². The number of hydrogen-bond acceptors (Lipinski definition) is 3. The number of anilines is 3. The fourth-order valence-corrected chi connectivity index (χ4v) is 8.39. The summed E-state index contributed by atoms with van der Waals surface area (Å²) >= 11 is 0. The average Bonchev–Trinajstić information content (AvgIpc) is 3.82. The highest BCUT2D eigenvalue weighted by Gasteiger charge is 2.22. The highest BCUT2D eigenvalue weighted by molar-refractivity contribution is 6.22. The van der Waals surface area contributed by atoms with E-state index < -0.39 is 0 Å². The molecule has 0 aliphatic carbocycles. The Morgan fingerprint density at radius 1 is 0.291 bits per heavy atom. The molecule has 3 heteroatoms. The molecular formula is C52H33NO2. The van der Waals surface area contributed by atoms with E-state index in [1.807, 2.05) is 12.1 Å². The van der Waals surface area contributed by atoms with Gasteiger partial charge in [0.05, 0.1) is 5.69 Å². The molecule has 11 aromatic rings. The van der Waals surface area contributed by atoms with E-state index in [-0.39, 0.29) is 0 Å². The van der Waals surface area contributed by atoms with Crippen molar-refractivity contribution in [1.82, 2.24) is 0 Å². The van der Waals surface area contributed by atoms with E-state index in [2.05, 4.69) is 193 Å². The lowest BCUT2D eigenvalue weighted by Crippen LogP contribution is -2.11. The summed E-state index contributed by atoms with van der Waals surface area (Å²) in [5.41, 5.74) is 13.5. The summed E-state index contributed by atoms with van der Waals surface area (Å²) in [6, 6.07) is 70.9. The van der Waals surface area contributed by atoms with Crippen molar-refractivity contribution in [1.29, 1.82) is 0 Å². The van der Waals surface area contributed by atoms with Gasteiger partial charge in [-0.25, -0.2) is 0 Å². The largest absolute Gasteiger partial charge is 0.456 e. The second kappa shape index (κ2) is 12.6. The maximum atomic E-state index is 6.68. The number of rotatable bonds is 6. The minimum Gasteiger partial charge on any atom is -0.456 e. The number of nitrogens with zero attached hydrogens (tertiary/aromatic N) is 1. The molecule has 0 fully saturated rings. The molecule has 11 rings (SSSR count). The van der Waals surface area contributed by atoms with Crippen molar-refractivity contribution in [3.05, 3.63) is 200 Å². The van der Waals surface area contributed by atoms with E-state index in [9.17, 15) is 0 Å².